The Hall–Kier alpha value is -0.390. The van der Waals surface area contributed by atoms with Crippen molar-refractivity contribution in [3.05, 3.63) is 20.3 Å². The second kappa shape index (κ2) is 6.58. The zero-order valence-electron chi connectivity index (χ0n) is 11.8. The van der Waals surface area contributed by atoms with Crippen LogP contribution in [0.15, 0.2) is 10.5 Å². The molecule has 0 aromatic carbocycles. The molecule has 1 unspecified atom stereocenters. The molecule has 20 heavy (non-hydrogen) atoms. The lowest BCUT2D eigenvalue weighted by atomic mass is 9.68. The Morgan fingerprint density at radius 3 is 2.65 bits per heavy atom. The number of carboxylic acids is 1. The van der Waals surface area contributed by atoms with E-state index in [4.69, 9.17) is 5.73 Å². The molecule has 1 aromatic rings. The maximum absolute atomic E-state index is 11.2. The van der Waals surface area contributed by atoms with Crippen LogP contribution < -0.4 is 5.73 Å². The van der Waals surface area contributed by atoms with Crippen molar-refractivity contribution in [2.75, 3.05) is 0 Å². The number of aliphatic carboxylic acids is 1. The van der Waals surface area contributed by atoms with E-state index in [1.165, 1.54) is 11.3 Å². The molecular formula is C15H22BrNO2S. The van der Waals surface area contributed by atoms with E-state index in [0.717, 1.165) is 41.5 Å². The molecule has 112 valence electrons. The standard InChI is InChI=1S/C15H22BrNO2S/c1-10-7-11(16)14(20-10)12(17)8-15(9-13(18)19)5-3-2-4-6-15/h7,12H,2-6,8-9,17H2,1H3,(H,18,19). The van der Waals surface area contributed by atoms with E-state index in [0.29, 0.717) is 0 Å². The van der Waals surface area contributed by atoms with E-state index in [-0.39, 0.29) is 17.9 Å². The molecule has 0 aliphatic heterocycles. The van der Waals surface area contributed by atoms with E-state index in [9.17, 15) is 9.90 Å². The van der Waals surface area contributed by atoms with Gasteiger partial charge in [-0.3, -0.25) is 4.79 Å². The van der Waals surface area contributed by atoms with Gasteiger partial charge in [0.2, 0.25) is 0 Å². The minimum atomic E-state index is -0.694. The van der Waals surface area contributed by atoms with Gasteiger partial charge in [-0.1, -0.05) is 19.3 Å². The van der Waals surface area contributed by atoms with Gasteiger partial charge in [-0.15, -0.1) is 11.3 Å². The molecule has 3 N–H and O–H groups in total. The summed E-state index contributed by atoms with van der Waals surface area (Å²) in [6.07, 6.45) is 6.50. The summed E-state index contributed by atoms with van der Waals surface area (Å²) in [4.78, 5) is 13.6. The number of carboxylic acid groups (broad SMARTS) is 1. The van der Waals surface area contributed by atoms with Crippen LogP contribution in [0.2, 0.25) is 0 Å². The number of halogens is 1. The second-order valence-corrected chi connectivity index (χ2v) is 8.15. The molecule has 3 nitrogen and oxygen atoms in total. The monoisotopic (exact) mass is 359 g/mol. The highest BCUT2D eigenvalue weighted by Gasteiger charge is 2.36. The van der Waals surface area contributed by atoms with Crippen LogP contribution in [0.4, 0.5) is 0 Å². The van der Waals surface area contributed by atoms with Gasteiger partial charge in [-0.2, -0.15) is 0 Å². The van der Waals surface area contributed by atoms with Gasteiger partial charge in [0, 0.05) is 20.3 Å². The number of rotatable bonds is 5. The zero-order chi connectivity index (χ0) is 14.8. The molecule has 1 aliphatic carbocycles. The van der Waals surface area contributed by atoms with Crippen LogP contribution in [0.3, 0.4) is 0 Å². The van der Waals surface area contributed by atoms with Crippen LogP contribution in [0, 0.1) is 12.3 Å². The smallest absolute Gasteiger partial charge is 0.303 e. The van der Waals surface area contributed by atoms with Crippen LogP contribution in [0.1, 0.15) is 60.7 Å². The second-order valence-electron chi connectivity index (χ2n) is 6.01. The fraction of sp³-hybridized carbons (Fsp3) is 0.667. The summed E-state index contributed by atoms with van der Waals surface area (Å²) < 4.78 is 1.06. The summed E-state index contributed by atoms with van der Waals surface area (Å²) in [7, 11) is 0. The maximum Gasteiger partial charge on any atom is 0.303 e. The summed E-state index contributed by atoms with van der Waals surface area (Å²) in [6, 6.07) is 2.02. The van der Waals surface area contributed by atoms with E-state index in [2.05, 4.69) is 28.9 Å². The van der Waals surface area contributed by atoms with E-state index in [1.807, 2.05) is 0 Å². The summed E-state index contributed by atoms with van der Waals surface area (Å²) in [5.74, 6) is -0.694. The Morgan fingerprint density at radius 1 is 1.50 bits per heavy atom. The van der Waals surface area contributed by atoms with Crippen LogP contribution in [0.25, 0.3) is 0 Å². The third kappa shape index (κ3) is 3.83. The third-order valence-corrected chi connectivity index (χ3v) is 6.37. The van der Waals surface area contributed by atoms with Gasteiger partial charge in [-0.25, -0.2) is 0 Å². The Labute approximate surface area is 132 Å². The van der Waals surface area contributed by atoms with Crippen molar-refractivity contribution in [1.82, 2.24) is 0 Å². The number of carbonyl (C=O) groups is 1. The minimum Gasteiger partial charge on any atom is -0.481 e. The Kier molecular flexibility index (Phi) is 5.26. The molecule has 1 fully saturated rings. The molecule has 0 saturated heterocycles. The molecule has 1 aromatic heterocycles. The normalized spacial score (nSPS) is 19.8. The van der Waals surface area contributed by atoms with Crippen molar-refractivity contribution in [2.24, 2.45) is 11.1 Å². The third-order valence-electron chi connectivity index (χ3n) is 4.27. The fourth-order valence-corrected chi connectivity index (χ4v) is 5.34. The van der Waals surface area contributed by atoms with Crippen molar-refractivity contribution in [1.29, 1.82) is 0 Å². The Morgan fingerprint density at radius 2 is 2.15 bits per heavy atom. The number of nitrogens with two attached hydrogens (primary N) is 1. The van der Waals surface area contributed by atoms with Gasteiger partial charge in [0.25, 0.3) is 0 Å². The molecule has 0 radical (unpaired) electrons. The van der Waals surface area contributed by atoms with Crippen LogP contribution in [0.5, 0.6) is 0 Å². The Bertz CT molecular complexity index is 480. The first-order chi connectivity index (χ1) is 9.42. The SMILES string of the molecule is Cc1cc(Br)c(C(N)CC2(CC(=O)O)CCCCC2)s1. The van der Waals surface area contributed by atoms with Crippen molar-refractivity contribution in [2.45, 2.75) is 57.9 Å². The van der Waals surface area contributed by atoms with E-state index < -0.39 is 5.97 Å². The summed E-state index contributed by atoms with van der Waals surface area (Å²) in [5, 5.41) is 9.23. The predicted molar refractivity (Wildman–Crippen MR) is 86.1 cm³/mol. The lowest BCUT2D eigenvalue weighted by molar-refractivity contribution is -0.140. The highest BCUT2D eigenvalue weighted by atomic mass is 79.9. The van der Waals surface area contributed by atoms with E-state index >= 15 is 0 Å². The van der Waals surface area contributed by atoms with Gasteiger partial charge >= 0.3 is 5.97 Å². The van der Waals surface area contributed by atoms with Crippen molar-refractivity contribution in [3.8, 4) is 0 Å². The number of hydrogen-bond donors (Lipinski definition) is 2. The molecule has 2 rings (SSSR count). The van der Waals surface area contributed by atoms with Gasteiger partial charge in [0.15, 0.2) is 0 Å². The highest BCUT2D eigenvalue weighted by Crippen LogP contribution is 2.46. The summed E-state index contributed by atoms with van der Waals surface area (Å²) >= 11 is 5.27. The van der Waals surface area contributed by atoms with Crippen molar-refractivity contribution in [3.63, 3.8) is 0 Å². The highest BCUT2D eigenvalue weighted by molar-refractivity contribution is 9.10. The zero-order valence-corrected chi connectivity index (χ0v) is 14.2. The average Bonchev–Trinajstić information content (AvgIpc) is 2.68. The topological polar surface area (TPSA) is 63.3 Å². The maximum atomic E-state index is 11.2. The summed E-state index contributed by atoms with van der Waals surface area (Å²) in [5.41, 5.74) is 6.28. The quantitative estimate of drug-likeness (QED) is 0.804. The molecule has 5 heteroatoms. The van der Waals surface area contributed by atoms with Gasteiger partial charge in [-0.05, 0) is 53.6 Å². The van der Waals surface area contributed by atoms with Gasteiger partial charge in [0.05, 0.1) is 6.42 Å². The molecular weight excluding hydrogens is 338 g/mol. The number of hydrogen-bond acceptors (Lipinski definition) is 3. The van der Waals surface area contributed by atoms with Crippen LogP contribution in [-0.2, 0) is 4.79 Å². The van der Waals surface area contributed by atoms with Crippen molar-refractivity contribution >= 4 is 33.2 Å². The Balaban J connectivity index is 2.14. The largest absolute Gasteiger partial charge is 0.481 e. The van der Waals surface area contributed by atoms with Gasteiger partial charge < -0.3 is 10.8 Å². The number of aryl methyl sites for hydroxylation is 1. The van der Waals surface area contributed by atoms with Crippen LogP contribution >= 0.6 is 27.3 Å². The first-order valence-corrected chi connectivity index (χ1v) is 8.76. The lowest BCUT2D eigenvalue weighted by Gasteiger charge is -2.38. The molecule has 0 spiro atoms. The molecule has 1 aliphatic rings. The van der Waals surface area contributed by atoms with Crippen molar-refractivity contribution < 1.29 is 9.90 Å². The first kappa shape index (κ1) is 16.0. The molecule has 1 atom stereocenters. The average molecular weight is 360 g/mol. The number of thiophene rings is 1. The fourth-order valence-electron chi connectivity index (χ4n) is 3.39. The molecule has 0 amide bonds. The predicted octanol–water partition coefficient (Wildman–Crippen LogP) is 4.63. The lowest BCUT2D eigenvalue weighted by Crippen LogP contribution is -2.31. The van der Waals surface area contributed by atoms with E-state index in [1.54, 1.807) is 11.3 Å². The minimum absolute atomic E-state index is 0.0690. The summed E-state index contributed by atoms with van der Waals surface area (Å²) in [6.45, 7) is 2.07. The first-order valence-electron chi connectivity index (χ1n) is 7.15. The molecule has 1 saturated carbocycles. The van der Waals surface area contributed by atoms with Gasteiger partial charge in [0.1, 0.15) is 0 Å². The molecule has 0 bridgehead atoms. The molecule has 1 heterocycles. The van der Waals surface area contributed by atoms with Crippen LogP contribution in [-0.4, -0.2) is 11.1 Å².